The van der Waals surface area contributed by atoms with Crippen LogP contribution in [0.1, 0.15) is 0 Å². The van der Waals surface area contributed by atoms with Crippen LogP contribution >= 0.6 is 0 Å². The number of carbonyl (C=O) groups excluding carboxylic acids is 1. The van der Waals surface area contributed by atoms with E-state index in [9.17, 15) is 9.59 Å². The molecule has 0 unspecified atom stereocenters. The zero-order valence-corrected chi connectivity index (χ0v) is 7.27. The fraction of sp³-hybridized carbons (Fsp3) is 0.429. The molecule has 0 fully saturated rings. The molecule has 1 N–H and O–H groups in total. The van der Waals surface area contributed by atoms with Gasteiger partial charge >= 0.3 is 11.9 Å². The maximum atomic E-state index is 10.8. The summed E-state index contributed by atoms with van der Waals surface area (Å²) in [7, 11) is 4.94. The van der Waals surface area contributed by atoms with Crippen LogP contribution in [0.2, 0.25) is 0 Å². The standard InChI is InChI=1S/C7H11NO4/c1-8(2,3)12-7(11)5-4-6(9)10/h4-5H,1-3H3/p+1/b5-4+. The van der Waals surface area contributed by atoms with Gasteiger partial charge in [0.15, 0.2) is 0 Å². The van der Waals surface area contributed by atoms with Gasteiger partial charge in [-0.3, -0.25) is 4.84 Å². The summed E-state index contributed by atoms with van der Waals surface area (Å²) >= 11 is 0. The third-order valence-corrected chi connectivity index (χ3v) is 0.726. The Morgan fingerprint density at radius 3 is 2.08 bits per heavy atom. The first-order chi connectivity index (χ1) is 5.31. The number of carboxylic acid groups (broad SMARTS) is 1. The summed E-state index contributed by atoms with van der Waals surface area (Å²) in [4.78, 5) is 25.5. The van der Waals surface area contributed by atoms with E-state index < -0.39 is 11.9 Å². The molecule has 0 radical (unpaired) electrons. The third kappa shape index (κ3) is 6.76. The number of rotatable bonds is 3. The lowest BCUT2D eigenvalue weighted by Gasteiger charge is -2.18. The zero-order valence-electron chi connectivity index (χ0n) is 7.27. The normalized spacial score (nSPS) is 11.6. The first-order valence-electron chi connectivity index (χ1n) is 3.27. The first kappa shape index (κ1) is 10.6. The van der Waals surface area contributed by atoms with Crippen LogP contribution in [0.3, 0.4) is 0 Å². The average molecular weight is 174 g/mol. The Kier molecular flexibility index (Phi) is 3.43. The molecule has 0 heterocycles. The minimum Gasteiger partial charge on any atom is -0.478 e. The van der Waals surface area contributed by atoms with Crippen LogP contribution in [0, 0.1) is 0 Å². The third-order valence-electron chi connectivity index (χ3n) is 0.726. The van der Waals surface area contributed by atoms with Crippen molar-refractivity contribution < 1.29 is 24.2 Å². The van der Waals surface area contributed by atoms with Crippen molar-refractivity contribution in [1.29, 1.82) is 0 Å². The Morgan fingerprint density at radius 2 is 1.75 bits per heavy atom. The number of hydrogen-bond acceptors (Lipinski definition) is 3. The predicted molar refractivity (Wildman–Crippen MR) is 40.9 cm³/mol. The summed E-state index contributed by atoms with van der Waals surface area (Å²) in [6.07, 6.45) is 1.60. The Bertz CT molecular complexity index is 214. The van der Waals surface area contributed by atoms with Crippen LogP contribution in [0.25, 0.3) is 0 Å². The van der Waals surface area contributed by atoms with Crippen LogP contribution in [-0.4, -0.2) is 42.8 Å². The number of quaternary nitrogens is 1. The maximum Gasteiger partial charge on any atom is 0.390 e. The lowest BCUT2D eigenvalue weighted by molar-refractivity contribution is -1.04. The lowest BCUT2D eigenvalue weighted by Crippen LogP contribution is -2.36. The molecule has 5 nitrogen and oxygen atoms in total. The van der Waals surface area contributed by atoms with Gasteiger partial charge in [0.25, 0.3) is 0 Å². The molecular weight excluding hydrogens is 162 g/mol. The van der Waals surface area contributed by atoms with Gasteiger partial charge < -0.3 is 5.11 Å². The second-order valence-electron chi connectivity index (χ2n) is 2.97. The Hall–Kier alpha value is -1.36. The molecule has 0 atom stereocenters. The molecular formula is C7H12NO4+. The van der Waals surface area contributed by atoms with E-state index in [4.69, 9.17) is 9.94 Å². The van der Waals surface area contributed by atoms with Gasteiger partial charge in [-0.2, -0.15) is 0 Å². The second-order valence-corrected chi connectivity index (χ2v) is 2.97. The van der Waals surface area contributed by atoms with Crippen molar-refractivity contribution >= 4 is 11.9 Å². The van der Waals surface area contributed by atoms with Gasteiger partial charge in [-0.15, -0.1) is 4.65 Å². The average Bonchev–Trinajstić information content (AvgIpc) is 1.79. The summed E-state index contributed by atoms with van der Waals surface area (Å²) in [5.74, 6) is -1.85. The van der Waals surface area contributed by atoms with Gasteiger partial charge in [-0.1, -0.05) is 0 Å². The minimum absolute atomic E-state index is 0.00277. The maximum absolute atomic E-state index is 10.8. The molecule has 0 aromatic carbocycles. The van der Waals surface area contributed by atoms with E-state index in [1.54, 1.807) is 21.1 Å². The summed E-state index contributed by atoms with van der Waals surface area (Å²) in [6, 6.07) is 0. The second kappa shape index (κ2) is 3.87. The van der Waals surface area contributed by atoms with Crippen molar-refractivity contribution in [3.63, 3.8) is 0 Å². The van der Waals surface area contributed by atoms with Crippen molar-refractivity contribution in [3.05, 3.63) is 12.2 Å². The van der Waals surface area contributed by atoms with E-state index in [1.807, 2.05) is 0 Å². The molecule has 0 aromatic rings. The molecule has 0 saturated carbocycles. The zero-order chi connectivity index (χ0) is 9.78. The highest BCUT2D eigenvalue weighted by Crippen LogP contribution is 1.93. The van der Waals surface area contributed by atoms with Crippen molar-refractivity contribution in [2.75, 3.05) is 21.1 Å². The van der Waals surface area contributed by atoms with Gasteiger partial charge in [-0.25, -0.2) is 9.59 Å². The molecule has 0 aromatic heterocycles. The molecule has 0 amide bonds. The topological polar surface area (TPSA) is 63.6 Å². The highest BCUT2D eigenvalue weighted by atomic mass is 16.7. The molecule has 0 rings (SSSR count). The van der Waals surface area contributed by atoms with Crippen LogP contribution < -0.4 is 0 Å². The van der Waals surface area contributed by atoms with Crippen molar-refractivity contribution in [2.45, 2.75) is 0 Å². The number of hydrogen-bond donors (Lipinski definition) is 1. The van der Waals surface area contributed by atoms with Gasteiger partial charge in [0.1, 0.15) is 21.1 Å². The van der Waals surface area contributed by atoms with Gasteiger partial charge in [-0.05, 0) is 0 Å². The van der Waals surface area contributed by atoms with Crippen molar-refractivity contribution in [2.24, 2.45) is 0 Å². The highest BCUT2D eigenvalue weighted by molar-refractivity contribution is 5.90. The number of aliphatic carboxylic acids is 1. The van der Waals surface area contributed by atoms with E-state index in [2.05, 4.69) is 0 Å². The molecule has 0 aliphatic rings. The Labute approximate surface area is 70.4 Å². The van der Waals surface area contributed by atoms with Crippen LogP contribution in [0.15, 0.2) is 12.2 Å². The largest absolute Gasteiger partial charge is 0.478 e. The SMILES string of the molecule is C[N+](C)(C)OC(=O)/C=C/C(=O)O. The molecule has 12 heavy (non-hydrogen) atoms. The van der Waals surface area contributed by atoms with E-state index in [0.29, 0.717) is 0 Å². The smallest absolute Gasteiger partial charge is 0.390 e. The van der Waals surface area contributed by atoms with E-state index in [-0.39, 0.29) is 4.65 Å². The monoisotopic (exact) mass is 174 g/mol. The Balaban J connectivity index is 3.99. The van der Waals surface area contributed by atoms with Crippen LogP contribution in [0.4, 0.5) is 0 Å². The molecule has 0 spiro atoms. The number of carboxylic acids is 1. The number of nitrogens with zero attached hydrogens (tertiary/aromatic N) is 1. The molecule has 68 valence electrons. The molecule has 0 bridgehead atoms. The fourth-order valence-corrected chi connectivity index (χ4v) is 0.440. The van der Waals surface area contributed by atoms with Crippen molar-refractivity contribution in [1.82, 2.24) is 0 Å². The molecule has 0 saturated heterocycles. The number of hydroxylamine groups is 3. The van der Waals surface area contributed by atoms with Crippen LogP contribution in [0.5, 0.6) is 0 Å². The van der Waals surface area contributed by atoms with E-state index >= 15 is 0 Å². The fourth-order valence-electron chi connectivity index (χ4n) is 0.440. The van der Waals surface area contributed by atoms with Gasteiger partial charge in [0.05, 0.1) is 0 Å². The summed E-state index contributed by atoms with van der Waals surface area (Å²) < 4.78 is 0.00277. The van der Waals surface area contributed by atoms with E-state index in [1.165, 1.54) is 0 Å². The van der Waals surface area contributed by atoms with Gasteiger partial charge in [0, 0.05) is 12.2 Å². The van der Waals surface area contributed by atoms with E-state index in [0.717, 1.165) is 12.2 Å². The lowest BCUT2D eigenvalue weighted by atomic mass is 10.5. The highest BCUT2D eigenvalue weighted by Gasteiger charge is 2.12. The molecule has 5 heteroatoms. The van der Waals surface area contributed by atoms with Gasteiger partial charge in [0.2, 0.25) is 0 Å². The summed E-state index contributed by atoms with van der Waals surface area (Å²) in [5.41, 5.74) is 0. The quantitative estimate of drug-likeness (QED) is 0.365. The van der Waals surface area contributed by atoms with Crippen LogP contribution in [-0.2, 0) is 14.4 Å². The summed E-state index contributed by atoms with van der Waals surface area (Å²) in [5, 5.41) is 8.16. The first-order valence-corrected chi connectivity index (χ1v) is 3.27. The summed E-state index contributed by atoms with van der Waals surface area (Å²) in [6.45, 7) is 0. The minimum atomic E-state index is -1.17. The molecule has 0 aliphatic heterocycles. The molecule has 0 aliphatic carbocycles. The Morgan fingerprint density at radius 1 is 1.25 bits per heavy atom. The predicted octanol–water partition coefficient (Wildman–Crippen LogP) is -0.208. The van der Waals surface area contributed by atoms with Crippen molar-refractivity contribution in [3.8, 4) is 0 Å². The number of carbonyl (C=O) groups is 2.